The van der Waals surface area contributed by atoms with Crippen molar-refractivity contribution in [2.75, 3.05) is 26.2 Å². The first kappa shape index (κ1) is 16.7. The van der Waals surface area contributed by atoms with Crippen LogP contribution in [0.25, 0.3) is 0 Å². The van der Waals surface area contributed by atoms with E-state index < -0.39 is 5.41 Å². The van der Waals surface area contributed by atoms with Gasteiger partial charge in [0.25, 0.3) is 0 Å². The molecule has 3 rings (SSSR count). The van der Waals surface area contributed by atoms with Crippen LogP contribution in [0.2, 0.25) is 0 Å². The molecule has 0 radical (unpaired) electrons. The van der Waals surface area contributed by atoms with Gasteiger partial charge in [-0.05, 0) is 18.1 Å². The predicted octanol–water partition coefficient (Wildman–Crippen LogP) is 1.79. The Bertz CT molecular complexity index is 609. The molecule has 1 heterocycles. The third kappa shape index (κ3) is 3.51. The average molecular weight is 323 g/mol. The number of quaternary nitrogens is 1. The van der Waals surface area contributed by atoms with Crippen molar-refractivity contribution in [3.05, 3.63) is 71.8 Å². The maximum atomic E-state index is 13.1. The van der Waals surface area contributed by atoms with Gasteiger partial charge in [-0.25, -0.2) is 0 Å². The van der Waals surface area contributed by atoms with E-state index in [0.717, 1.165) is 24.2 Å². The highest BCUT2D eigenvalue weighted by Gasteiger charge is 2.36. The van der Waals surface area contributed by atoms with Gasteiger partial charge in [0.15, 0.2) is 0 Å². The fraction of sp³-hybridized carbons (Fsp3) is 0.381. The van der Waals surface area contributed by atoms with Gasteiger partial charge >= 0.3 is 0 Å². The minimum Gasteiger partial charge on any atom is -0.349 e. The van der Waals surface area contributed by atoms with Crippen LogP contribution in [0.3, 0.4) is 0 Å². The van der Waals surface area contributed by atoms with Crippen molar-refractivity contribution in [2.24, 2.45) is 0 Å². The normalized spacial score (nSPS) is 15.4. The van der Waals surface area contributed by atoms with Gasteiger partial charge in [-0.2, -0.15) is 0 Å². The molecule has 0 aromatic heterocycles. The first-order valence-corrected chi connectivity index (χ1v) is 8.94. The lowest BCUT2D eigenvalue weighted by molar-refractivity contribution is -0.886. The monoisotopic (exact) mass is 323 g/mol. The van der Waals surface area contributed by atoms with E-state index in [1.54, 1.807) is 4.90 Å². The molecule has 1 aliphatic rings. The van der Waals surface area contributed by atoms with Gasteiger partial charge in [-0.1, -0.05) is 60.7 Å². The van der Waals surface area contributed by atoms with E-state index in [9.17, 15) is 4.79 Å². The van der Waals surface area contributed by atoms with Gasteiger partial charge in [-0.15, -0.1) is 0 Å². The Kier molecular flexibility index (Phi) is 5.31. The molecule has 0 bridgehead atoms. The first-order chi connectivity index (χ1) is 11.7. The molecule has 0 spiro atoms. The summed E-state index contributed by atoms with van der Waals surface area (Å²) >= 11 is 0. The maximum absolute atomic E-state index is 13.1. The van der Waals surface area contributed by atoms with Gasteiger partial charge in [-0.3, -0.25) is 4.79 Å². The van der Waals surface area contributed by atoms with Crippen LogP contribution in [0.5, 0.6) is 0 Å². The van der Waals surface area contributed by atoms with Crippen LogP contribution in [-0.2, 0) is 10.2 Å². The van der Waals surface area contributed by atoms with Gasteiger partial charge in [0.1, 0.15) is 0 Å². The summed E-state index contributed by atoms with van der Waals surface area (Å²) < 4.78 is 0. The Hall–Kier alpha value is -2.13. The number of rotatable bonds is 6. The molecular weight excluding hydrogens is 296 g/mol. The molecule has 0 unspecified atom stereocenters. The molecule has 1 amide bonds. The summed E-state index contributed by atoms with van der Waals surface area (Å²) in [5.74, 6) is 0.0819. The van der Waals surface area contributed by atoms with Crippen molar-refractivity contribution in [3.63, 3.8) is 0 Å². The molecular formula is C21H27N2O+. The van der Waals surface area contributed by atoms with E-state index in [1.807, 2.05) is 67.6 Å². The number of carbonyl (C=O) groups is 1. The van der Waals surface area contributed by atoms with E-state index in [-0.39, 0.29) is 5.91 Å². The van der Waals surface area contributed by atoms with Crippen molar-refractivity contribution in [1.82, 2.24) is 5.32 Å². The zero-order valence-electron chi connectivity index (χ0n) is 14.4. The van der Waals surface area contributed by atoms with Crippen LogP contribution in [-0.4, -0.2) is 32.1 Å². The molecule has 24 heavy (non-hydrogen) atoms. The number of hydrogen-bond donors (Lipinski definition) is 2. The SMILES string of the molecule is CC(C(=O)NCC[NH+]1CCCC1)(c1ccccc1)c1ccccc1. The molecule has 0 atom stereocenters. The third-order valence-electron chi connectivity index (χ3n) is 5.23. The molecule has 2 N–H and O–H groups in total. The maximum Gasteiger partial charge on any atom is 0.235 e. The number of nitrogens with one attached hydrogen (secondary N) is 2. The zero-order valence-corrected chi connectivity index (χ0v) is 14.4. The smallest absolute Gasteiger partial charge is 0.235 e. The number of carbonyl (C=O) groups excluding carboxylic acids is 1. The first-order valence-electron chi connectivity index (χ1n) is 8.94. The quantitative estimate of drug-likeness (QED) is 0.835. The molecule has 126 valence electrons. The van der Waals surface area contributed by atoms with Crippen molar-refractivity contribution in [1.29, 1.82) is 0 Å². The molecule has 0 aliphatic carbocycles. The number of hydrogen-bond acceptors (Lipinski definition) is 1. The standard InChI is InChI=1S/C21H26N2O/c1-21(18-10-4-2-5-11-18,19-12-6-3-7-13-19)20(24)22-14-17-23-15-8-9-16-23/h2-7,10-13H,8-9,14-17H2,1H3,(H,22,24)/p+1. The van der Waals surface area contributed by atoms with E-state index >= 15 is 0 Å². The summed E-state index contributed by atoms with van der Waals surface area (Å²) in [6.07, 6.45) is 2.63. The Balaban J connectivity index is 1.78. The number of benzene rings is 2. The van der Waals surface area contributed by atoms with Gasteiger partial charge in [0.2, 0.25) is 5.91 Å². The highest BCUT2D eigenvalue weighted by molar-refractivity contribution is 5.91. The summed E-state index contributed by atoms with van der Waals surface area (Å²) in [6, 6.07) is 20.1. The second-order valence-corrected chi connectivity index (χ2v) is 6.82. The van der Waals surface area contributed by atoms with Crippen LogP contribution in [0.15, 0.2) is 60.7 Å². The molecule has 1 aliphatic heterocycles. The lowest BCUT2D eigenvalue weighted by Gasteiger charge is -2.30. The summed E-state index contributed by atoms with van der Waals surface area (Å²) in [5, 5.41) is 3.19. The van der Waals surface area contributed by atoms with Crippen LogP contribution < -0.4 is 10.2 Å². The van der Waals surface area contributed by atoms with Crippen molar-refractivity contribution < 1.29 is 9.69 Å². The minimum atomic E-state index is -0.664. The predicted molar refractivity (Wildman–Crippen MR) is 97.1 cm³/mol. The third-order valence-corrected chi connectivity index (χ3v) is 5.23. The Labute approximate surface area is 144 Å². The van der Waals surface area contributed by atoms with Crippen molar-refractivity contribution in [2.45, 2.75) is 25.2 Å². The van der Waals surface area contributed by atoms with Crippen LogP contribution in [0.4, 0.5) is 0 Å². The summed E-state index contributed by atoms with van der Waals surface area (Å²) in [4.78, 5) is 14.7. The zero-order chi connectivity index (χ0) is 16.8. The van der Waals surface area contributed by atoms with Crippen molar-refractivity contribution >= 4 is 5.91 Å². The Morgan fingerprint density at radius 2 is 1.46 bits per heavy atom. The van der Waals surface area contributed by atoms with Crippen LogP contribution in [0.1, 0.15) is 30.9 Å². The average Bonchev–Trinajstić information content (AvgIpc) is 3.16. The van der Waals surface area contributed by atoms with Crippen LogP contribution in [0, 0.1) is 0 Å². The minimum absolute atomic E-state index is 0.0819. The Morgan fingerprint density at radius 1 is 0.958 bits per heavy atom. The van der Waals surface area contributed by atoms with E-state index in [4.69, 9.17) is 0 Å². The fourth-order valence-corrected chi connectivity index (χ4v) is 3.63. The van der Waals surface area contributed by atoms with Gasteiger partial charge in [0.05, 0.1) is 31.6 Å². The highest BCUT2D eigenvalue weighted by atomic mass is 16.2. The second kappa shape index (κ2) is 7.63. The summed E-state index contributed by atoms with van der Waals surface area (Å²) in [6.45, 7) is 6.26. The molecule has 0 saturated carbocycles. The lowest BCUT2D eigenvalue weighted by atomic mass is 9.75. The largest absolute Gasteiger partial charge is 0.349 e. The van der Waals surface area contributed by atoms with E-state index in [1.165, 1.54) is 25.9 Å². The van der Waals surface area contributed by atoms with Crippen LogP contribution >= 0.6 is 0 Å². The number of amides is 1. The summed E-state index contributed by atoms with van der Waals surface area (Å²) in [5.41, 5.74) is 1.40. The molecule has 1 saturated heterocycles. The molecule has 3 nitrogen and oxygen atoms in total. The van der Waals surface area contributed by atoms with E-state index in [2.05, 4.69) is 5.32 Å². The molecule has 1 fully saturated rings. The molecule has 3 heteroatoms. The Morgan fingerprint density at radius 3 is 1.96 bits per heavy atom. The fourth-order valence-electron chi connectivity index (χ4n) is 3.63. The molecule has 2 aromatic carbocycles. The highest BCUT2D eigenvalue weighted by Crippen LogP contribution is 2.32. The number of likely N-dealkylation sites (tertiary alicyclic amines) is 1. The van der Waals surface area contributed by atoms with Gasteiger partial charge in [0, 0.05) is 12.8 Å². The van der Waals surface area contributed by atoms with Crippen molar-refractivity contribution in [3.8, 4) is 0 Å². The second-order valence-electron chi connectivity index (χ2n) is 6.82. The summed E-state index contributed by atoms with van der Waals surface area (Å²) in [7, 11) is 0. The van der Waals surface area contributed by atoms with Gasteiger partial charge < -0.3 is 10.2 Å². The lowest BCUT2D eigenvalue weighted by Crippen LogP contribution is -3.10. The van der Waals surface area contributed by atoms with E-state index in [0.29, 0.717) is 0 Å². The topological polar surface area (TPSA) is 33.5 Å². The molecule has 2 aromatic rings.